The van der Waals surface area contributed by atoms with E-state index in [9.17, 15) is 14.6 Å². The molecule has 0 aliphatic heterocycles. The summed E-state index contributed by atoms with van der Waals surface area (Å²) in [6, 6.07) is 6.16. The van der Waals surface area contributed by atoms with Crippen molar-refractivity contribution in [2.75, 3.05) is 0 Å². The lowest BCUT2D eigenvalue weighted by atomic mass is 10.0. The van der Waals surface area contributed by atoms with Gasteiger partial charge < -0.3 is 10.2 Å². The van der Waals surface area contributed by atoms with Gasteiger partial charge in [0.25, 0.3) is 0 Å². The predicted octanol–water partition coefficient (Wildman–Crippen LogP) is 4.21. The van der Waals surface area contributed by atoms with E-state index in [2.05, 4.69) is 0 Å². The van der Waals surface area contributed by atoms with E-state index >= 15 is 0 Å². The molecule has 2 aromatic rings. The summed E-state index contributed by atoms with van der Waals surface area (Å²) < 4.78 is 13.1. The summed E-state index contributed by atoms with van der Waals surface area (Å²) in [5.41, 5.74) is 0.311. The van der Waals surface area contributed by atoms with Crippen LogP contribution in [0.25, 0.3) is 11.1 Å². The third-order valence-electron chi connectivity index (χ3n) is 2.28. The Labute approximate surface area is 107 Å². The van der Waals surface area contributed by atoms with Crippen LogP contribution in [0.3, 0.4) is 0 Å². The number of aromatic hydroxyl groups is 2. The first-order valence-corrected chi connectivity index (χ1v) is 5.41. The first-order valence-electron chi connectivity index (χ1n) is 4.66. The van der Waals surface area contributed by atoms with Gasteiger partial charge in [-0.1, -0.05) is 23.2 Å². The van der Waals surface area contributed by atoms with Crippen LogP contribution < -0.4 is 0 Å². The highest BCUT2D eigenvalue weighted by Crippen LogP contribution is 2.41. The quantitative estimate of drug-likeness (QED) is 0.817. The Balaban J connectivity index is 2.72. The fourth-order valence-electron chi connectivity index (χ4n) is 1.50. The van der Waals surface area contributed by atoms with E-state index in [1.54, 1.807) is 0 Å². The molecule has 0 heterocycles. The largest absolute Gasteiger partial charge is 0.507 e. The standard InChI is InChI=1S/C12H7Cl2FO2/c13-6-3-9(12(17)10(14)4-6)8-5-7(15)1-2-11(8)16/h1-5,16-17H. The Morgan fingerprint density at radius 1 is 0.941 bits per heavy atom. The van der Waals surface area contributed by atoms with Gasteiger partial charge in [0.1, 0.15) is 17.3 Å². The van der Waals surface area contributed by atoms with Crippen molar-refractivity contribution in [3.63, 3.8) is 0 Å². The fraction of sp³-hybridized carbons (Fsp3) is 0. The van der Waals surface area contributed by atoms with Gasteiger partial charge in [-0.05, 0) is 30.3 Å². The van der Waals surface area contributed by atoms with Gasteiger partial charge in [0.05, 0.1) is 5.02 Å². The number of hydrogen-bond donors (Lipinski definition) is 2. The van der Waals surface area contributed by atoms with E-state index in [1.807, 2.05) is 0 Å². The molecule has 0 amide bonds. The topological polar surface area (TPSA) is 40.5 Å². The molecule has 2 nitrogen and oxygen atoms in total. The number of rotatable bonds is 1. The lowest BCUT2D eigenvalue weighted by molar-refractivity contribution is 0.468. The van der Waals surface area contributed by atoms with E-state index in [4.69, 9.17) is 23.2 Å². The van der Waals surface area contributed by atoms with E-state index in [-0.39, 0.29) is 32.7 Å². The van der Waals surface area contributed by atoms with E-state index in [1.165, 1.54) is 18.2 Å². The summed E-state index contributed by atoms with van der Waals surface area (Å²) in [4.78, 5) is 0. The molecule has 0 radical (unpaired) electrons. The smallest absolute Gasteiger partial charge is 0.142 e. The van der Waals surface area contributed by atoms with Crippen molar-refractivity contribution in [3.8, 4) is 22.6 Å². The molecule has 0 atom stereocenters. The second-order valence-electron chi connectivity index (χ2n) is 3.45. The number of phenols is 2. The molecule has 5 heteroatoms. The lowest BCUT2D eigenvalue weighted by Crippen LogP contribution is -1.84. The van der Waals surface area contributed by atoms with Gasteiger partial charge >= 0.3 is 0 Å². The Morgan fingerprint density at radius 3 is 2.35 bits per heavy atom. The molecular formula is C12H7Cl2FO2. The molecular weight excluding hydrogens is 266 g/mol. The van der Waals surface area contributed by atoms with Gasteiger partial charge in [0.2, 0.25) is 0 Å². The minimum Gasteiger partial charge on any atom is -0.507 e. The first-order chi connectivity index (χ1) is 7.99. The lowest BCUT2D eigenvalue weighted by Gasteiger charge is -2.09. The van der Waals surface area contributed by atoms with Crippen LogP contribution in [0.15, 0.2) is 30.3 Å². The summed E-state index contributed by atoms with van der Waals surface area (Å²) in [5, 5.41) is 19.7. The summed E-state index contributed by atoms with van der Waals surface area (Å²) in [7, 11) is 0. The predicted molar refractivity (Wildman–Crippen MR) is 65.2 cm³/mol. The molecule has 88 valence electrons. The van der Waals surface area contributed by atoms with Crippen molar-refractivity contribution in [1.29, 1.82) is 0 Å². The minimum absolute atomic E-state index is 0.0381. The number of hydrogen-bond acceptors (Lipinski definition) is 2. The van der Waals surface area contributed by atoms with Crippen molar-refractivity contribution in [2.45, 2.75) is 0 Å². The van der Waals surface area contributed by atoms with Crippen LogP contribution in [-0.4, -0.2) is 10.2 Å². The summed E-state index contributed by atoms with van der Waals surface area (Å²) in [6.45, 7) is 0. The fourth-order valence-corrected chi connectivity index (χ4v) is 1.99. The van der Waals surface area contributed by atoms with Gasteiger partial charge in [0, 0.05) is 16.1 Å². The third-order valence-corrected chi connectivity index (χ3v) is 2.78. The van der Waals surface area contributed by atoms with Crippen LogP contribution in [-0.2, 0) is 0 Å². The molecule has 0 aliphatic rings. The van der Waals surface area contributed by atoms with Gasteiger partial charge in [0.15, 0.2) is 0 Å². The van der Waals surface area contributed by atoms with Crippen LogP contribution in [0, 0.1) is 5.82 Å². The highest BCUT2D eigenvalue weighted by atomic mass is 35.5. The molecule has 0 saturated carbocycles. The zero-order valence-electron chi connectivity index (χ0n) is 8.42. The second-order valence-corrected chi connectivity index (χ2v) is 4.29. The number of phenolic OH excluding ortho intramolecular Hbond substituents is 2. The molecule has 0 saturated heterocycles. The van der Waals surface area contributed by atoms with Crippen molar-refractivity contribution < 1.29 is 14.6 Å². The van der Waals surface area contributed by atoms with Crippen molar-refractivity contribution in [2.24, 2.45) is 0 Å². The first kappa shape index (κ1) is 12.0. The molecule has 2 N–H and O–H groups in total. The van der Waals surface area contributed by atoms with Crippen LogP contribution in [0.1, 0.15) is 0 Å². The zero-order valence-corrected chi connectivity index (χ0v) is 9.93. The van der Waals surface area contributed by atoms with Crippen molar-refractivity contribution in [1.82, 2.24) is 0 Å². The average Bonchev–Trinajstić information content (AvgIpc) is 2.27. The maximum atomic E-state index is 13.1. The molecule has 2 rings (SSSR count). The van der Waals surface area contributed by atoms with Gasteiger partial charge in [-0.3, -0.25) is 0 Å². The van der Waals surface area contributed by atoms with E-state index in [0.717, 1.165) is 12.1 Å². The molecule has 0 fully saturated rings. The van der Waals surface area contributed by atoms with Crippen LogP contribution >= 0.6 is 23.2 Å². The number of halogens is 3. The highest BCUT2D eigenvalue weighted by molar-refractivity contribution is 6.36. The molecule has 0 aromatic heterocycles. The summed E-state index contributed by atoms with van der Waals surface area (Å²) in [6.07, 6.45) is 0. The van der Waals surface area contributed by atoms with E-state index < -0.39 is 5.82 Å². The Bertz CT molecular complexity index is 585. The normalized spacial score (nSPS) is 10.5. The SMILES string of the molecule is Oc1ccc(F)cc1-c1cc(Cl)cc(Cl)c1O. The molecule has 0 aliphatic carbocycles. The maximum Gasteiger partial charge on any atom is 0.142 e. The van der Waals surface area contributed by atoms with Gasteiger partial charge in [-0.2, -0.15) is 0 Å². The maximum absolute atomic E-state index is 13.1. The van der Waals surface area contributed by atoms with Crippen LogP contribution in [0.5, 0.6) is 11.5 Å². The average molecular weight is 273 g/mol. The molecule has 0 spiro atoms. The highest BCUT2D eigenvalue weighted by Gasteiger charge is 2.14. The third kappa shape index (κ3) is 2.30. The number of benzene rings is 2. The summed E-state index contributed by atoms with van der Waals surface area (Å²) >= 11 is 11.5. The monoisotopic (exact) mass is 272 g/mol. The van der Waals surface area contributed by atoms with Gasteiger partial charge in [-0.25, -0.2) is 4.39 Å². The Hall–Kier alpha value is -1.45. The van der Waals surface area contributed by atoms with Crippen LogP contribution in [0.4, 0.5) is 4.39 Å². The van der Waals surface area contributed by atoms with Gasteiger partial charge in [-0.15, -0.1) is 0 Å². The molecule has 0 bridgehead atoms. The summed E-state index contributed by atoms with van der Waals surface area (Å²) in [5.74, 6) is -0.953. The van der Waals surface area contributed by atoms with E-state index in [0.29, 0.717) is 0 Å². The second kappa shape index (κ2) is 4.43. The van der Waals surface area contributed by atoms with Crippen molar-refractivity contribution >= 4 is 23.2 Å². The van der Waals surface area contributed by atoms with Crippen LogP contribution in [0.2, 0.25) is 10.0 Å². The molecule has 2 aromatic carbocycles. The zero-order chi connectivity index (χ0) is 12.6. The van der Waals surface area contributed by atoms with Crippen molar-refractivity contribution in [3.05, 3.63) is 46.2 Å². The minimum atomic E-state index is -0.534. The Morgan fingerprint density at radius 2 is 1.65 bits per heavy atom. The Kier molecular flexibility index (Phi) is 3.13. The molecule has 17 heavy (non-hydrogen) atoms. The molecule has 0 unspecified atom stereocenters.